The number of benzene rings is 1. The molecule has 0 saturated carbocycles. The van der Waals surface area contributed by atoms with Crippen molar-refractivity contribution < 1.29 is 9.59 Å². The molecule has 1 aromatic heterocycles. The highest BCUT2D eigenvalue weighted by atomic mass is 16.2. The average Bonchev–Trinajstić information content (AvgIpc) is 2.91. The number of carbonyl (C=O) groups excluding carboxylic acids is 2. The fourth-order valence-corrected chi connectivity index (χ4v) is 4.29. The number of carbonyl (C=O) groups is 2. The highest BCUT2D eigenvalue weighted by molar-refractivity contribution is 6.02. The minimum atomic E-state index is -0.362. The molecule has 0 radical (unpaired) electrons. The molecule has 26 heavy (non-hydrogen) atoms. The van der Waals surface area contributed by atoms with Crippen LogP contribution in [0.25, 0.3) is 10.9 Å². The van der Waals surface area contributed by atoms with E-state index < -0.39 is 0 Å². The van der Waals surface area contributed by atoms with Crippen molar-refractivity contribution >= 4 is 28.4 Å². The first-order valence-corrected chi connectivity index (χ1v) is 9.25. The lowest BCUT2D eigenvalue weighted by atomic mass is 9.92. The summed E-state index contributed by atoms with van der Waals surface area (Å²) in [7, 11) is 1.91. The molecule has 3 atom stereocenters. The van der Waals surface area contributed by atoms with Crippen LogP contribution in [0.2, 0.25) is 0 Å². The number of fused-ring (bicyclic) bond motifs is 1. The van der Waals surface area contributed by atoms with Crippen LogP contribution < -0.4 is 15.5 Å². The fourth-order valence-electron chi connectivity index (χ4n) is 4.29. The first kappa shape index (κ1) is 17.0. The molecule has 2 fully saturated rings. The Bertz CT molecular complexity index is 864. The maximum atomic E-state index is 12.3. The van der Waals surface area contributed by atoms with Crippen LogP contribution in [-0.4, -0.2) is 46.8 Å². The number of rotatable bonds is 2. The number of piperidine rings is 1. The Hall–Kier alpha value is -2.41. The van der Waals surface area contributed by atoms with Crippen LogP contribution >= 0.6 is 0 Å². The molecule has 7 heteroatoms. The van der Waals surface area contributed by atoms with Gasteiger partial charge in [0, 0.05) is 49.7 Å². The van der Waals surface area contributed by atoms with Crippen molar-refractivity contribution in [2.24, 2.45) is 7.05 Å². The highest BCUT2D eigenvalue weighted by Crippen LogP contribution is 2.33. The third-order valence-corrected chi connectivity index (χ3v) is 5.56. The molecule has 4 rings (SSSR count). The second kappa shape index (κ2) is 6.39. The molecule has 3 heterocycles. The van der Waals surface area contributed by atoms with Crippen LogP contribution in [-0.2, 0) is 16.6 Å². The minimum absolute atomic E-state index is 0.199. The number of aromatic nitrogens is 2. The number of amides is 2. The van der Waals surface area contributed by atoms with Gasteiger partial charge in [0.05, 0.1) is 17.1 Å². The number of hydrogen-bond donors (Lipinski definition) is 2. The summed E-state index contributed by atoms with van der Waals surface area (Å²) in [5, 5.41) is 11.5. The third-order valence-electron chi connectivity index (χ3n) is 5.56. The molecule has 2 saturated heterocycles. The summed E-state index contributed by atoms with van der Waals surface area (Å²) in [6, 6.07) is 7.18. The molecule has 0 bridgehead atoms. The van der Waals surface area contributed by atoms with Gasteiger partial charge in [-0.1, -0.05) is 0 Å². The molecule has 2 aromatic rings. The van der Waals surface area contributed by atoms with Crippen molar-refractivity contribution in [1.29, 1.82) is 0 Å². The van der Waals surface area contributed by atoms with Crippen molar-refractivity contribution in [2.75, 3.05) is 18.0 Å². The fraction of sp³-hybridized carbons (Fsp3) is 0.526. The van der Waals surface area contributed by atoms with Gasteiger partial charge in [-0.05, 0) is 38.5 Å². The van der Waals surface area contributed by atoms with E-state index in [9.17, 15) is 9.59 Å². The summed E-state index contributed by atoms with van der Waals surface area (Å²) in [5.74, 6) is -0.801. The molecule has 7 nitrogen and oxygen atoms in total. The van der Waals surface area contributed by atoms with Crippen molar-refractivity contribution in [3.05, 3.63) is 23.9 Å². The lowest BCUT2D eigenvalue weighted by Crippen LogP contribution is -2.55. The molecular formula is C19H25N5O2. The van der Waals surface area contributed by atoms with Gasteiger partial charge in [0.25, 0.3) is 0 Å². The second-order valence-electron chi connectivity index (χ2n) is 7.48. The topological polar surface area (TPSA) is 79.3 Å². The highest BCUT2D eigenvalue weighted by Gasteiger charge is 2.32. The van der Waals surface area contributed by atoms with Crippen LogP contribution in [0.15, 0.2) is 18.2 Å². The van der Waals surface area contributed by atoms with Crippen LogP contribution in [0.4, 0.5) is 5.69 Å². The van der Waals surface area contributed by atoms with Gasteiger partial charge < -0.3 is 10.2 Å². The third kappa shape index (κ3) is 2.76. The summed E-state index contributed by atoms with van der Waals surface area (Å²) in [6.45, 7) is 6.39. The largest absolute Gasteiger partial charge is 0.364 e. The van der Waals surface area contributed by atoms with Crippen LogP contribution in [0.3, 0.4) is 0 Å². The van der Waals surface area contributed by atoms with E-state index in [0.717, 1.165) is 29.7 Å². The number of piperazine rings is 1. The Morgan fingerprint density at radius 3 is 2.58 bits per heavy atom. The monoisotopic (exact) mass is 355 g/mol. The minimum Gasteiger partial charge on any atom is -0.364 e. The van der Waals surface area contributed by atoms with Gasteiger partial charge in [0.15, 0.2) is 0 Å². The maximum absolute atomic E-state index is 12.3. The first-order valence-electron chi connectivity index (χ1n) is 9.25. The van der Waals surface area contributed by atoms with Crippen LogP contribution in [0, 0.1) is 0 Å². The summed E-state index contributed by atoms with van der Waals surface area (Å²) in [6.07, 6.45) is 0.882. The maximum Gasteiger partial charge on any atom is 0.235 e. The summed E-state index contributed by atoms with van der Waals surface area (Å²) in [4.78, 5) is 26.1. The van der Waals surface area contributed by atoms with E-state index >= 15 is 0 Å². The molecule has 138 valence electrons. The Balaban J connectivity index is 1.73. The molecule has 0 aliphatic carbocycles. The molecule has 2 N–H and O–H groups in total. The SMILES string of the molecule is C[C@@H]1CNC[C@@H](C)N1c1ccc2c(C3CCC(=O)NC3=O)nn(C)c2c1. The van der Waals surface area contributed by atoms with Crippen molar-refractivity contribution in [3.63, 3.8) is 0 Å². The van der Waals surface area contributed by atoms with Crippen molar-refractivity contribution in [2.45, 2.75) is 44.7 Å². The first-order chi connectivity index (χ1) is 12.5. The summed E-state index contributed by atoms with van der Waals surface area (Å²) >= 11 is 0. The predicted octanol–water partition coefficient (Wildman–Crippen LogP) is 1.28. The zero-order chi connectivity index (χ0) is 18.4. The van der Waals surface area contributed by atoms with Gasteiger partial charge in [0.2, 0.25) is 11.8 Å². The number of imide groups is 1. The number of aryl methyl sites for hydroxylation is 1. The van der Waals surface area contributed by atoms with E-state index in [-0.39, 0.29) is 17.7 Å². The molecule has 2 amide bonds. The van der Waals surface area contributed by atoms with Gasteiger partial charge in [0.1, 0.15) is 0 Å². The number of nitrogens with zero attached hydrogens (tertiary/aromatic N) is 3. The van der Waals surface area contributed by atoms with Gasteiger partial charge in [-0.15, -0.1) is 0 Å². The Morgan fingerprint density at radius 2 is 1.88 bits per heavy atom. The average molecular weight is 355 g/mol. The van der Waals surface area contributed by atoms with Gasteiger partial charge in [-0.3, -0.25) is 19.6 Å². The molecule has 2 aliphatic rings. The Kier molecular flexibility index (Phi) is 4.19. The lowest BCUT2D eigenvalue weighted by molar-refractivity contribution is -0.134. The zero-order valence-electron chi connectivity index (χ0n) is 15.5. The van der Waals surface area contributed by atoms with E-state index in [4.69, 9.17) is 0 Å². The van der Waals surface area contributed by atoms with Gasteiger partial charge in [-0.25, -0.2) is 0 Å². The standard InChI is InChI=1S/C19H25N5O2/c1-11-9-20-10-12(2)24(11)13-4-5-14-16(8-13)23(3)22-18(14)15-6-7-17(25)21-19(15)26/h4-5,8,11-12,15,20H,6-7,9-10H2,1-3H3,(H,21,25,26)/t11-,12-,15?/m1/s1. The van der Waals surface area contributed by atoms with E-state index in [0.29, 0.717) is 24.9 Å². The quantitative estimate of drug-likeness (QED) is 0.794. The summed E-state index contributed by atoms with van der Waals surface area (Å²) < 4.78 is 1.84. The Labute approximate surface area is 152 Å². The van der Waals surface area contributed by atoms with Crippen molar-refractivity contribution in [3.8, 4) is 0 Å². The van der Waals surface area contributed by atoms with Crippen LogP contribution in [0.5, 0.6) is 0 Å². The molecule has 1 aromatic carbocycles. The van der Waals surface area contributed by atoms with E-state index in [1.807, 2.05) is 11.7 Å². The smallest absolute Gasteiger partial charge is 0.235 e. The second-order valence-corrected chi connectivity index (χ2v) is 7.48. The number of anilines is 1. The van der Waals surface area contributed by atoms with Crippen LogP contribution in [0.1, 0.15) is 38.3 Å². The number of hydrogen-bond acceptors (Lipinski definition) is 5. The molecular weight excluding hydrogens is 330 g/mol. The van der Waals surface area contributed by atoms with E-state index in [1.54, 1.807) is 0 Å². The van der Waals surface area contributed by atoms with Gasteiger partial charge in [-0.2, -0.15) is 5.10 Å². The predicted molar refractivity (Wildman–Crippen MR) is 100 cm³/mol. The molecule has 0 spiro atoms. The Morgan fingerprint density at radius 1 is 1.15 bits per heavy atom. The summed E-state index contributed by atoms with van der Waals surface area (Å²) in [5.41, 5.74) is 2.96. The van der Waals surface area contributed by atoms with E-state index in [1.165, 1.54) is 5.69 Å². The lowest BCUT2D eigenvalue weighted by Gasteiger charge is -2.41. The van der Waals surface area contributed by atoms with E-state index in [2.05, 4.69) is 52.7 Å². The normalized spacial score (nSPS) is 27.0. The molecule has 2 aliphatic heterocycles. The molecule has 1 unspecified atom stereocenters. The zero-order valence-corrected chi connectivity index (χ0v) is 15.5. The van der Waals surface area contributed by atoms with Gasteiger partial charge >= 0.3 is 0 Å². The number of nitrogens with one attached hydrogen (secondary N) is 2. The van der Waals surface area contributed by atoms with Crippen molar-refractivity contribution in [1.82, 2.24) is 20.4 Å².